The molecule has 6 rings (SSSR count). The van der Waals surface area contributed by atoms with Crippen LogP contribution >= 0.6 is 0 Å². The molecule has 2 N–H and O–H groups in total. The fourth-order valence-corrected chi connectivity index (χ4v) is 6.76. The molecular formula is C30H36FN7O5. The number of hydrogen-bond acceptors (Lipinski definition) is 9. The van der Waals surface area contributed by atoms with Gasteiger partial charge in [-0.3, -0.25) is 15.0 Å². The molecule has 1 aromatic carbocycles. The first-order chi connectivity index (χ1) is 20.5. The third-order valence-corrected chi connectivity index (χ3v) is 9.09. The van der Waals surface area contributed by atoms with E-state index in [-0.39, 0.29) is 35.3 Å². The molecule has 13 heteroatoms. The van der Waals surface area contributed by atoms with Gasteiger partial charge in [-0.25, -0.2) is 9.18 Å². The van der Waals surface area contributed by atoms with E-state index in [2.05, 4.69) is 40.9 Å². The number of nitrogens with zero attached hydrogens (tertiary/aromatic N) is 6. The number of anilines is 1. The Labute approximate surface area is 248 Å². The summed E-state index contributed by atoms with van der Waals surface area (Å²) in [5, 5.41) is 18.4. The molecule has 2 aliphatic heterocycles. The van der Waals surface area contributed by atoms with Gasteiger partial charge in [0.05, 0.1) is 28.7 Å². The lowest BCUT2D eigenvalue weighted by molar-refractivity contribution is -0.123. The number of methoxy groups -OCH3 is 2. The SMILES string of the molecule is COC(COc1nc(N2CC3CCC(C(C)(C)C)(C2)N3C(=O)O)c2cnc(-c3c(C)ccc4[nH]ncc34)c(F)c2n1)OC. The second-order valence-corrected chi connectivity index (χ2v) is 12.3. The minimum atomic E-state index is -0.931. The zero-order valence-corrected chi connectivity index (χ0v) is 25.1. The van der Waals surface area contributed by atoms with Gasteiger partial charge in [-0.1, -0.05) is 26.8 Å². The standard InChI is InChI=1S/C30H36FN7O5/c1-16-7-8-20-18(12-33-36-20)22(16)25-23(31)24-19(11-32-25)26(35-27(34-24)43-14-21(41-5)42-6)37-13-17-9-10-30(15-37,29(2,3)4)38(17)28(39)40/h7-8,11-12,17,21H,9-10,13-15H2,1-6H3,(H,33,36)(H,39,40). The highest BCUT2D eigenvalue weighted by atomic mass is 19.1. The number of ether oxygens (including phenoxy) is 3. The Kier molecular flexibility index (Phi) is 7.12. The van der Waals surface area contributed by atoms with Crippen molar-refractivity contribution in [3.8, 4) is 17.3 Å². The summed E-state index contributed by atoms with van der Waals surface area (Å²) in [7, 11) is 2.98. The minimum absolute atomic E-state index is 0.0215. The smallest absolute Gasteiger partial charge is 0.408 e. The van der Waals surface area contributed by atoms with Crippen LogP contribution in [0, 0.1) is 18.2 Å². The monoisotopic (exact) mass is 593 g/mol. The van der Waals surface area contributed by atoms with Crippen LogP contribution in [-0.2, 0) is 9.47 Å². The number of fused-ring (bicyclic) bond motifs is 4. The third-order valence-electron chi connectivity index (χ3n) is 9.09. The maximum atomic E-state index is 16.6. The fraction of sp³-hybridized carbons (Fsp3) is 0.500. The van der Waals surface area contributed by atoms with Crippen LogP contribution in [-0.4, -0.2) is 93.0 Å². The number of aromatic amines is 1. The van der Waals surface area contributed by atoms with Crippen LogP contribution < -0.4 is 9.64 Å². The van der Waals surface area contributed by atoms with E-state index in [0.717, 1.165) is 22.9 Å². The summed E-state index contributed by atoms with van der Waals surface area (Å²) in [6.07, 6.45) is 3.07. The van der Waals surface area contributed by atoms with Gasteiger partial charge in [0.2, 0.25) is 0 Å². The minimum Gasteiger partial charge on any atom is -0.465 e. The molecular weight excluding hydrogens is 557 g/mol. The normalized spacial score (nSPS) is 20.5. The van der Waals surface area contributed by atoms with Crippen molar-refractivity contribution >= 4 is 33.7 Å². The maximum absolute atomic E-state index is 16.6. The summed E-state index contributed by atoms with van der Waals surface area (Å²) < 4.78 is 33.0. The van der Waals surface area contributed by atoms with Gasteiger partial charge in [0.25, 0.3) is 0 Å². The molecule has 2 bridgehead atoms. The van der Waals surface area contributed by atoms with Crippen molar-refractivity contribution in [3.63, 3.8) is 0 Å². The van der Waals surface area contributed by atoms with Crippen LogP contribution in [0.2, 0.25) is 0 Å². The Morgan fingerprint density at radius 2 is 1.98 bits per heavy atom. The van der Waals surface area contributed by atoms with Crippen LogP contribution in [0.4, 0.5) is 15.0 Å². The van der Waals surface area contributed by atoms with E-state index in [1.807, 2.05) is 24.0 Å². The number of carbonyl (C=O) groups is 1. The Morgan fingerprint density at radius 3 is 2.67 bits per heavy atom. The number of halogens is 1. The highest BCUT2D eigenvalue weighted by molar-refractivity contribution is 5.98. The van der Waals surface area contributed by atoms with Crippen molar-refractivity contribution in [2.75, 3.05) is 38.8 Å². The molecule has 2 fully saturated rings. The Balaban J connectivity index is 1.52. The van der Waals surface area contributed by atoms with Crippen LogP contribution in [0.3, 0.4) is 0 Å². The predicted octanol–water partition coefficient (Wildman–Crippen LogP) is 4.76. The number of H-pyrrole nitrogens is 1. The van der Waals surface area contributed by atoms with E-state index in [9.17, 15) is 9.90 Å². The van der Waals surface area contributed by atoms with E-state index in [1.165, 1.54) is 14.2 Å². The number of rotatable bonds is 7. The highest BCUT2D eigenvalue weighted by Gasteiger charge is 2.59. The molecule has 5 heterocycles. The second-order valence-electron chi connectivity index (χ2n) is 12.3. The molecule has 0 spiro atoms. The molecule has 0 saturated carbocycles. The second kappa shape index (κ2) is 10.6. The topological polar surface area (TPSA) is 139 Å². The van der Waals surface area contributed by atoms with Gasteiger partial charge in [0, 0.05) is 44.5 Å². The van der Waals surface area contributed by atoms with Crippen LogP contribution in [0.1, 0.15) is 39.2 Å². The van der Waals surface area contributed by atoms with Gasteiger partial charge in [-0.2, -0.15) is 15.1 Å². The molecule has 2 atom stereocenters. The summed E-state index contributed by atoms with van der Waals surface area (Å²) in [6.45, 7) is 8.82. The number of hydrogen-bond donors (Lipinski definition) is 2. The highest BCUT2D eigenvalue weighted by Crippen LogP contribution is 2.50. The Morgan fingerprint density at radius 1 is 1.21 bits per heavy atom. The molecule has 0 radical (unpaired) electrons. The number of pyridine rings is 1. The first kappa shape index (κ1) is 29.0. The molecule has 228 valence electrons. The van der Waals surface area contributed by atoms with Gasteiger partial charge in [0.15, 0.2) is 12.1 Å². The van der Waals surface area contributed by atoms with Gasteiger partial charge in [0.1, 0.15) is 23.6 Å². The van der Waals surface area contributed by atoms with E-state index in [1.54, 1.807) is 17.3 Å². The molecule has 43 heavy (non-hydrogen) atoms. The first-order valence-corrected chi connectivity index (χ1v) is 14.2. The van der Waals surface area contributed by atoms with Gasteiger partial charge in [-0.15, -0.1) is 0 Å². The van der Waals surface area contributed by atoms with Crippen molar-refractivity contribution in [1.29, 1.82) is 0 Å². The number of benzene rings is 1. The lowest BCUT2D eigenvalue weighted by Crippen LogP contribution is -2.68. The van der Waals surface area contributed by atoms with Crippen molar-refractivity contribution in [1.82, 2.24) is 30.0 Å². The number of amides is 1. The zero-order valence-electron chi connectivity index (χ0n) is 25.1. The van der Waals surface area contributed by atoms with E-state index < -0.39 is 23.7 Å². The molecule has 12 nitrogen and oxygen atoms in total. The lowest BCUT2D eigenvalue weighted by atomic mass is 9.71. The summed E-state index contributed by atoms with van der Waals surface area (Å²) in [6, 6.07) is 3.49. The lowest BCUT2D eigenvalue weighted by Gasteiger charge is -2.54. The largest absolute Gasteiger partial charge is 0.465 e. The predicted molar refractivity (Wildman–Crippen MR) is 158 cm³/mol. The third kappa shape index (κ3) is 4.61. The van der Waals surface area contributed by atoms with Crippen LogP contribution in [0.15, 0.2) is 24.5 Å². The first-order valence-electron chi connectivity index (χ1n) is 14.2. The van der Waals surface area contributed by atoms with E-state index in [4.69, 9.17) is 19.2 Å². The van der Waals surface area contributed by atoms with Gasteiger partial charge in [-0.05, 0) is 36.8 Å². The van der Waals surface area contributed by atoms with E-state index >= 15 is 4.39 Å². The van der Waals surface area contributed by atoms with Crippen LogP contribution in [0.25, 0.3) is 33.1 Å². The zero-order chi connectivity index (χ0) is 30.7. The molecule has 4 aromatic rings. The van der Waals surface area contributed by atoms with Crippen molar-refractivity contribution < 1.29 is 28.5 Å². The summed E-state index contributed by atoms with van der Waals surface area (Å²) in [5.74, 6) is -0.177. The van der Waals surface area contributed by atoms with Gasteiger partial charge < -0.3 is 24.2 Å². The summed E-state index contributed by atoms with van der Waals surface area (Å²) >= 11 is 0. The molecule has 2 unspecified atom stereocenters. The van der Waals surface area contributed by atoms with Gasteiger partial charge >= 0.3 is 12.1 Å². The molecule has 3 aromatic heterocycles. The average molecular weight is 594 g/mol. The number of nitrogens with one attached hydrogen (secondary N) is 1. The Bertz CT molecular complexity index is 1700. The quantitative estimate of drug-likeness (QED) is 0.288. The number of carboxylic acid groups (broad SMARTS) is 1. The number of aryl methyl sites for hydroxylation is 1. The summed E-state index contributed by atoms with van der Waals surface area (Å²) in [5.41, 5.74) is 1.36. The van der Waals surface area contributed by atoms with Crippen molar-refractivity contribution in [2.45, 2.75) is 58.4 Å². The maximum Gasteiger partial charge on any atom is 0.408 e. The van der Waals surface area contributed by atoms with Crippen molar-refractivity contribution in [3.05, 3.63) is 35.9 Å². The fourth-order valence-electron chi connectivity index (χ4n) is 6.76. The molecule has 2 aliphatic rings. The van der Waals surface area contributed by atoms with E-state index in [0.29, 0.717) is 36.3 Å². The molecule has 0 aliphatic carbocycles. The Hall–Kier alpha value is -4.10. The van der Waals surface area contributed by atoms with Crippen LogP contribution in [0.5, 0.6) is 6.01 Å². The summed E-state index contributed by atoms with van der Waals surface area (Å²) in [4.78, 5) is 30.0. The molecule has 2 saturated heterocycles. The molecule has 1 amide bonds. The van der Waals surface area contributed by atoms with Crippen molar-refractivity contribution in [2.24, 2.45) is 5.41 Å². The number of piperazine rings is 1. The average Bonchev–Trinajstić information content (AvgIpc) is 3.54. The number of aromatic nitrogens is 5.